The number of nitrogens with one attached hydrogen (secondary N) is 2. The highest BCUT2D eigenvalue weighted by Crippen LogP contribution is 2.36. The molecule has 4 aromatic rings. The van der Waals surface area contributed by atoms with Gasteiger partial charge in [0.1, 0.15) is 17.1 Å². The van der Waals surface area contributed by atoms with Gasteiger partial charge in [0.15, 0.2) is 0 Å². The number of aromatic nitrogens is 3. The Bertz CT molecular complexity index is 1920. The highest BCUT2D eigenvalue weighted by atomic mass is 19.4. The molecule has 3 fully saturated rings. The van der Waals surface area contributed by atoms with E-state index in [1.807, 2.05) is 35.1 Å². The van der Waals surface area contributed by atoms with Crippen LogP contribution in [0, 0.1) is 5.92 Å². The molecule has 7 rings (SSSR count). The minimum atomic E-state index is -4.66. The number of amides is 4. The van der Waals surface area contributed by atoms with Gasteiger partial charge in [0.2, 0.25) is 5.91 Å². The number of carbonyl (C=O) groups is 3. The highest BCUT2D eigenvalue weighted by molar-refractivity contribution is 6.06. The van der Waals surface area contributed by atoms with E-state index in [9.17, 15) is 27.6 Å². The van der Waals surface area contributed by atoms with Crippen LogP contribution >= 0.6 is 0 Å². The zero-order valence-corrected chi connectivity index (χ0v) is 28.2. The van der Waals surface area contributed by atoms with E-state index < -0.39 is 17.8 Å². The van der Waals surface area contributed by atoms with Crippen LogP contribution in [0.15, 0.2) is 60.8 Å². The number of piperazine rings is 1. The Balaban J connectivity index is 0.907. The van der Waals surface area contributed by atoms with Gasteiger partial charge in [-0.3, -0.25) is 29.4 Å². The molecule has 0 bridgehead atoms. The Hall–Kier alpha value is -5.18. The number of fused-ring (bicyclic) bond motifs is 1. The first-order chi connectivity index (χ1) is 24.5. The molecule has 15 heteroatoms. The maximum absolute atomic E-state index is 13.1. The standard InChI is InChI=1S/C36H39F3N8O4/c1-51-31-20-29-24(19-30(31)41-34(49)28-3-2-4-32(40-28)36(37,38)39)22-47(43-29)27-7-5-23(6-8-27)21-44-15-17-45(18-16-44)25-9-11-26(12-10-25)46-14-13-33(48)42-35(46)50/h2-4,9-12,19-20,22-23,27H,5-8,13-18,21H2,1H3,(H,41,49)(H,42,48,50)/t23-,27-. The third-order valence-corrected chi connectivity index (χ3v) is 10.0. The lowest BCUT2D eigenvalue weighted by Crippen LogP contribution is -2.49. The van der Waals surface area contributed by atoms with E-state index in [-0.39, 0.29) is 23.7 Å². The minimum Gasteiger partial charge on any atom is -0.494 e. The van der Waals surface area contributed by atoms with Gasteiger partial charge in [0, 0.05) is 74.7 Å². The molecule has 2 aliphatic heterocycles. The molecule has 4 heterocycles. The van der Waals surface area contributed by atoms with Crippen LogP contribution in [0.4, 0.5) is 35.0 Å². The highest BCUT2D eigenvalue weighted by Gasteiger charge is 2.33. The summed E-state index contributed by atoms with van der Waals surface area (Å²) in [6, 6.07) is 14.5. The molecule has 2 aromatic heterocycles. The summed E-state index contributed by atoms with van der Waals surface area (Å²) in [5.41, 5.74) is 1.44. The smallest absolute Gasteiger partial charge is 0.433 e. The van der Waals surface area contributed by atoms with E-state index in [0.29, 0.717) is 35.8 Å². The second-order valence-corrected chi connectivity index (χ2v) is 13.3. The lowest BCUT2D eigenvalue weighted by molar-refractivity contribution is -0.141. The number of carbonyl (C=O) groups excluding carboxylic acids is 3. The molecule has 268 valence electrons. The van der Waals surface area contributed by atoms with Crippen molar-refractivity contribution in [2.24, 2.45) is 5.92 Å². The normalized spacial score (nSPS) is 20.4. The van der Waals surface area contributed by atoms with Crippen molar-refractivity contribution in [1.82, 2.24) is 25.0 Å². The van der Waals surface area contributed by atoms with Gasteiger partial charge in [-0.1, -0.05) is 6.07 Å². The maximum atomic E-state index is 13.1. The van der Waals surface area contributed by atoms with Crippen LogP contribution in [0.3, 0.4) is 0 Å². The van der Waals surface area contributed by atoms with Crippen molar-refractivity contribution in [3.05, 3.63) is 72.2 Å². The summed E-state index contributed by atoms with van der Waals surface area (Å²) < 4.78 is 46.8. The number of alkyl halides is 3. The first-order valence-electron chi connectivity index (χ1n) is 17.2. The van der Waals surface area contributed by atoms with Gasteiger partial charge in [0.05, 0.1) is 24.4 Å². The predicted octanol–water partition coefficient (Wildman–Crippen LogP) is 5.71. The van der Waals surface area contributed by atoms with Crippen LogP contribution in [0.2, 0.25) is 0 Å². The van der Waals surface area contributed by atoms with Crippen molar-refractivity contribution in [2.75, 3.05) is 61.5 Å². The van der Waals surface area contributed by atoms with Gasteiger partial charge in [0.25, 0.3) is 5.91 Å². The number of benzene rings is 2. The third-order valence-electron chi connectivity index (χ3n) is 10.0. The molecule has 2 saturated heterocycles. The molecule has 12 nitrogen and oxygen atoms in total. The molecule has 0 atom stereocenters. The summed E-state index contributed by atoms with van der Waals surface area (Å²) in [6.07, 6.45) is 1.76. The number of hydrogen-bond donors (Lipinski definition) is 2. The van der Waals surface area contributed by atoms with E-state index in [1.165, 1.54) is 13.2 Å². The number of pyridine rings is 1. The molecule has 0 unspecified atom stereocenters. The van der Waals surface area contributed by atoms with Crippen LogP contribution in [0.5, 0.6) is 5.75 Å². The summed E-state index contributed by atoms with van der Waals surface area (Å²) in [5, 5.41) is 10.6. The predicted molar refractivity (Wildman–Crippen MR) is 185 cm³/mol. The Labute approximate surface area is 292 Å². The Kier molecular flexibility index (Phi) is 9.55. The van der Waals surface area contributed by atoms with Crippen molar-refractivity contribution in [2.45, 2.75) is 44.3 Å². The summed E-state index contributed by atoms with van der Waals surface area (Å²) in [6.45, 7) is 5.26. The van der Waals surface area contributed by atoms with E-state index in [4.69, 9.17) is 9.84 Å². The van der Waals surface area contributed by atoms with Crippen molar-refractivity contribution in [3.8, 4) is 5.75 Å². The van der Waals surface area contributed by atoms with E-state index in [1.54, 1.807) is 17.0 Å². The van der Waals surface area contributed by atoms with Gasteiger partial charge in [-0.25, -0.2) is 9.78 Å². The number of anilines is 3. The number of rotatable bonds is 8. The molecule has 2 N–H and O–H groups in total. The first-order valence-corrected chi connectivity index (χ1v) is 17.2. The van der Waals surface area contributed by atoms with Crippen molar-refractivity contribution >= 4 is 45.8 Å². The number of nitrogens with zero attached hydrogens (tertiary/aromatic N) is 6. The van der Waals surface area contributed by atoms with Crippen molar-refractivity contribution in [1.29, 1.82) is 0 Å². The van der Waals surface area contributed by atoms with E-state index >= 15 is 0 Å². The molecule has 1 aliphatic carbocycles. The lowest BCUT2D eigenvalue weighted by atomic mass is 9.85. The quantitative estimate of drug-likeness (QED) is 0.239. The van der Waals surface area contributed by atoms with E-state index in [0.717, 1.165) is 87.3 Å². The second kappa shape index (κ2) is 14.2. The Morgan fingerprint density at radius 3 is 2.37 bits per heavy atom. The van der Waals surface area contributed by atoms with Crippen molar-refractivity contribution < 1.29 is 32.3 Å². The SMILES string of the molecule is COc1cc2nn([C@H]3CC[C@H](CN4CCN(c5ccc(N6CCC(=O)NC6=O)cc5)CC4)CC3)cc2cc1NC(=O)c1cccc(C(F)(F)F)n1. The van der Waals surface area contributed by atoms with Gasteiger partial charge in [-0.15, -0.1) is 0 Å². The fraction of sp³-hybridized carbons (Fsp3) is 0.417. The van der Waals surface area contributed by atoms with E-state index in [2.05, 4.69) is 25.4 Å². The summed E-state index contributed by atoms with van der Waals surface area (Å²) in [4.78, 5) is 46.5. The van der Waals surface area contributed by atoms with Gasteiger partial charge < -0.3 is 15.0 Å². The molecule has 3 aliphatic rings. The molecule has 51 heavy (non-hydrogen) atoms. The Morgan fingerprint density at radius 1 is 0.961 bits per heavy atom. The lowest BCUT2D eigenvalue weighted by Gasteiger charge is -2.39. The Morgan fingerprint density at radius 2 is 1.69 bits per heavy atom. The third kappa shape index (κ3) is 7.62. The molecule has 2 aromatic carbocycles. The van der Waals surface area contributed by atoms with Gasteiger partial charge in [-0.2, -0.15) is 18.3 Å². The summed E-state index contributed by atoms with van der Waals surface area (Å²) in [5.74, 6) is -0.0656. The zero-order valence-electron chi connectivity index (χ0n) is 28.2. The first kappa shape index (κ1) is 34.3. The average Bonchev–Trinajstić information content (AvgIpc) is 3.55. The van der Waals surface area contributed by atoms with Crippen LogP contribution in [0.1, 0.15) is 54.3 Å². The maximum Gasteiger partial charge on any atom is 0.433 e. The number of hydrogen-bond acceptors (Lipinski definition) is 8. The number of urea groups is 1. The summed E-state index contributed by atoms with van der Waals surface area (Å²) in [7, 11) is 1.46. The molecule has 1 saturated carbocycles. The molecule has 0 radical (unpaired) electrons. The van der Waals surface area contributed by atoms with Crippen molar-refractivity contribution in [3.63, 3.8) is 0 Å². The van der Waals surface area contributed by atoms with Crippen LogP contribution in [-0.4, -0.2) is 83.9 Å². The number of halogens is 3. The second-order valence-electron chi connectivity index (χ2n) is 13.3. The summed E-state index contributed by atoms with van der Waals surface area (Å²) >= 11 is 0. The van der Waals surface area contributed by atoms with Gasteiger partial charge >= 0.3 is 12.2 Å². The minimum absolute atomic E-state index is 0.239. The van der Waals surface area contributed by atoms with Crippen LogP contribution in [-0.2, 0) is 11.0 Å². The molecule has 4 amide bonds. The fourth-order valence-corrected chi connectivity index (χ4v) is 7.23. The monoisotopic (exact) mass is 704 g/mol. The van der Waals surface area contributed by atoms with Crippen LogP contribution in [0.25, 0.3) is 10.9 Å². The number of imide groups is 1. The topological polar surface area (TPSA) is 125 Å². The number of methoxy groups -OCH3 is 1. The molecular formula is C36H39F3N8O4. The fourth-order valence-electron chi connectivity index (χ4n) is 7.23. The molecule has 0 spiro atoms. The number of ether oxygens (including phenoxy) is 1. The van der Waals surface area contributed by atoms with Gasteiger partial charge in [-0.05, 0) is 74.1 Å². The zero-order chi connectivity index (χ0) is 35.7. The molecular weight excluding hydrogens is 665 g/mol. The van der Waals surface area contributed by atoms with Crippen LogP contribution < -0.4 is 25.2 Å². The largest absolute Gasteiger partial charge is 0.494 e. The average molecular weight is 705 g/mol.